The highest BCUT2D eigenvalue weighted by Gasteiger charge is 2.28. The van der Waals surface area contributed by atoms with E-state index in [1.165, 1.54) is 6.33 Å². The molecule has 0 bridgehead atoms. The van der Waals surface area contributed by atoms with Gasteiger partial charge in [0.25, 0.3) is 0 Å². The Labute approximate surface area is 149 Å². The van der Waals surface area contributed by atoms with Gasteiger partial charge < -0.3 is 9.72 Å². The van der Waals surface area contributed by atoms with Crippen molar-refractivity contribution in [3.63, 3.8) is 0 Å². The second-order valence-corrected chi connectivity index (χ2v) is 6.34. The molecule has 1 N–H and O–H groups in total. The van der Waals surface area contributed by atoms with Gasteiger partial charge in [-0.3, -0.25) is 4.79 Å². The first-order valence-electron chi connectivity index (χ1n) is 8.47. The van der Waals surface area contributed by atoms with E-state index < -0.39 is 0 Å². The summed E-state index contributed by atoms with van der Waals surface area (Å²) in [7, 11) is 0. The number of nitrogens with zero attached hydrogens (tertiary/aromatic N) is 5. The number of carbonyl (C=O) groups excluding carboxylic acids is 1. The Morgan fingerprint density at radius 1 is 1.12 bits per heavy atom. The van der Waals surface area contributed by atoms with Gasteiger partial charge in [0.15, 0.2) is 0 Å². The van der Waals surface area contributed by atoms with E-state index in [-0.39, 0.29) is 11.8 Å². The quantitative estimate of drug-likeness (QED) is 0.604. The van der Waals surface area contributed by atoms with E-state index in [2.05, 4.69) is 19.8 Å². The summed E-state index contributed by atoms with van der Waals surface area (Å²) < 4.78 is 3.80. The number of pyridine rings is 1. The number of hydrogen-bond acceptors (Lipinski definition) is 4. The highest BCUT2D eigenvalue weighted by Crippen LogP contribution is 2.33. The smallest absolute Gasteiger partial charge is 0.221 e. The van der Waals surface area contributed by atoms with Crippen LogP contribution in [0.4, 0.5) is 0 Å². The molecule has 1 aliphatic heterocycles. The van der Waals surface area contributed by atoms with Gasteiger partial charge in [-0.1, -0.05) is 18.2 Å². The lowest BCUT2D eigenvalue weighted by Crippen LogP contribution is -2.21. The van der Waals surface area contributed by atoms with Crippen LogP contribution in [0.1, 0.15) is 29.3 Å². The van der Waals surface area contributed by atoms with Crippen molar-refractivity contribution >= 4 is 11.6 Å². The van der Waals surface area contributed by atoms with Crippen LogP contribution in [0.25, 0.3) is 11.3 Å². The molecule has 4 aromatic rings. The minimum Gasteiger partial charge on any atom is -0.350 e. The van der Waals surface area contributed by atoms with Crippen molar-refractivity contribution in [1.29, 1.82) is 0 Å². The molecule has 0 fully saturated rings. The van der Waals surface area contributed by atoms with Crippen molar-refractivity contribution in [3.8, 4) is 5.69 Å². The van der Waals surface area contributed by atoms with Crippen molar-refractivity contribution in [2.75, 3.05) is 0 Å². The normalized spacial score (nSPS) is 16.9. The van der Waals surface area contributed by atoms with Gasteiger partial charge in [0.2, 0.25) is 5.91 Å². The zero-order valence-corrected chi connectivity index (χ0v) is 13.9. The Balaban J connectivity index is 1.62. The molecular formula is C19H16N6O. The predicted octanol–water partition coefficient (Wildman–Crippen LogP) is 2.07. The lowest BCUT2D eigenvalue weighted by Gasteiger charge is -2.16. The number of nitrogens with one attached hydrogen (secondary N) is 1. The molecule has 26 heavy (non-hydrogen) atoms. The van der Waals surface area contributed by atoms with E-state index in [1.54, 1.807) is 11.0 Å². The van der Waals surface area contributed by atoms with E-state index in [1.807, 2.05) is 48.7 Å². The predicted molar refractivity (Wildman–Crippen MR) is 94.9 cm³/mol. The minimum absolute atomic E-state index is 0.0398. The van der Waals surface area contributed by atoms with Crippen molar-refractivity contribution in [3.05, 3.63) is 78.3 Å². The average molecular weight is 344 g/mol. The van der Waals surface area contributed by atoms with Crippen LogP contribution in [-0.4, -0.2) is 30.1 Å². The zero-order valence-electron chi connectivity index (χ0n) is 13.9. The van der Waals surface area contributed by atoms with Crippen molar-refractivity contribution in [2.24, 2.45) is 0 Å². The lowest BCUT2D eigenvalue weighted by atomic mass is 9.91. The first-order chi connectivity index (χ1) is 12.8. The van der Waals surface area contributed by atoms with Crippen LogP contribution in [-0.2, 0) is 11.3 Å². The maximum absolute atomic E-state index is 12.3. The summed E-state index contributed by atoms with van der Waals surface area (Å²) in [6.45, 7) is 0.462. The molecule has 0 unspecified atom stereocenters. The van der Waals surface area contributed by atoms with Crippen molar-refractivity contribution < 1.29 is 4.79 Å². The summed E-state index contributed by atoms with van der Waals surface area (Å²) >= 11 is 0. The molecule has 0 radical (unpaired) electrons. The summed E-state index contributed by atoms with van der Waals surface area (Å²) in [5.41, 5.74) is 4.92. The van der Waals surface area contributed by atoms with Crippen molar-refractivity contribution in [1.82, 2.24) is 29.5 Å². The third kappa shape index (κ3) is 2.36. The number of benzene rings is 1. The largest absolute Gasteiger partial charge is 0.350 e. The van der Waals surface area contributed by atoms with Gasteiger partial charge in [0.1, 0.15) is 18.3 Å². The Morgan fingerprint density at radius 3 is 2.81 bits per heavy atom. The standard InChI is InChI=1S/C19H16N6O/c26-18-9-15(13-4-6-14(7-5-13)25-12-20-11-22-25)19-16(10-21-18)23-17-3-1-2-8-24(17)19/h1-8,11-12,15H,9-10H2,(H,21,26)/t15-/m0/s1. The minimum atomic E-state index is -0.0466. The number of carbonyl (C=O) groups is 1. The molecule has 0 spiro atoms. The van der Waals surface area contributed by atoms with E-state index in [0.717, 1.165) is 28.3 Å². The molecule has 1 amide bonds. The number of imidazole rings is 1. The summed E-state index contributed by atoms with van der Waals surface area (Å²) in [6.07, 6.45) is 5.58. The maximum Gasteiger partial charge on any atom is 0.221 e. The third-order valence-corrected chi connectivity index (χ3v) is 4.79. The summed E-state index contributed by atoms with van der Waals surface area (Å²) in [6, 6.07) is 14.0. The fraction of sp³-hybridized carbons (Fsp3) is 0.158. The summed E-state index contributed by atoms with van der Waals surface area (Å²) in [5, 5.41) is 7.11. The molecule has 7 nitrogen and oxygen atoms in total. The fourth-order valence-electron chi connectivity index (χ4n) is 3.58. The zero-order chi connectivity index (χ0) is 17.5. The summed E-state index contributed by atoms with van der Waals surface area (Å²) in [4.78, 5) is 20.9. The topological polar surface area (TPSA) is 77.1 Å². The highest BCUT2D eigenvalue weighted by molar-refractivity contribution is 5.78. The van der Waals surface area contributed by atoms with Gasteiger partial charge in [-0.15, -0.1) is 0 Å². The Bertz CT molecular complexity index is 1080. The number of rotatable bonds is 2. The van der Waals surface area contributed by atoms with Crippen LogP contribution in [0.5, 0.6) is 0 Å². The maximum atomic E-state index is 12.3. The van der Waals surface area contributed by atoms with Gasteiger partial charge in [-0.2, -0.15) is 5.10 Å². The molecule has 0 aliphatic carbocycles. The molecule has 1 atom stereocenters. The SMILES string of the molecule is O=C1C[C@@H](c2ccc(-n3cncn3)cc2)c2c(nc3ccccn23)CN1. The molecule has 0 saturated heterocycles. The summed E-state index contributed by atoms with van der Waals surface area (Å²) in [5.74, 6) is -0.00673. The highest BCUT2D eigenvalue weighted by atomic mass is 16.1. The van der Waals surface area contributed by atoms with E-state index >= 15 is 0 Å². The molecule has 128 valence electrons. The molecule has 4 heterocycles. The fourth-order valence-corrected chi connectivity index (χ4v) is 3.58. The molecule has 3 aromatic heterocycles. The molecule has 7 heteroatoms. The first-order valence-corrected chi connectivity index (χ1v) is 8.47. The number of hydrogen-bond donors (Lipinski definition) is 1. The average Bonchev–Trinajstić information content (AvgIpc) is 3.29. The van der Waals surface area contributed by atoms with Crippen LogP contribution in [0, 0.1) is 0 Å². The van der Waals surface area contributed by atoms with E-state index in [9.17, 15) is 4.79 Å². The molecular weight excluding hydrogens is 328 g/mol. The van der Waals surface area contributed by atoms with E-state index in [0.29, 0.717) is 13.0 Å². The first kappa shape index (κ1) is 14.8. The molecule has 0 saturated carbocycles. The van der Waals surface area contributed by atoms with Gasteiger partial charge in [-0.25, -0.2) is 14.6 Å². The molecule has 1 aliphatic rings. The van der Waals surface area contributed by atoms with Crippen LogP contribution in [0.15, 0.2) is 61.3 Å². The Morgan fingerprint density at radius 2 is 2.00 bits per heavy atom. The number of amides is 1. The van der Waals surface area contributed by atoms with Gasteiger partial charge >= 0.3 is 0 Å². The van der Waals surface area contributed by atoms with Gasteiger partial charge in [0.05, 0.1) is 23.6 Å². The van der Waals surface area contributed by atoms with Crippen molar-refractivity contribution in [2.45, 2.75) is 18.9 Å². The Hall–Kier alpha value is -3.48. The van der Waals surface area contributed by atoms with Crippen LogP contribution in [0.3, 0.4) is 0 Å². The lowest BCUT2D eigenvalue weighted by molar-refractivity contribution is -0.121. The molecule has 1 aromatic carbocycles. The Kier molecular flexibility index (Phi) is 3.31. The van der Waals surface area contributed by atoms with Crippen LogP contribution < -0.4 is 5.32 Å². The van der Waals surface area contributed by atoms with Crippen LogP contribution >= 0.6 is 0 Å². The number of fused-ring (bicyclic) bond motifs is 3. The molecule has 5 rings (SSSR count). The second kappa shape index (κ2) is 5.80. The van der Waals surface area contributed by atoms with E-state index in [4.69, 9.17) is 4.98 Å². The van der Waals surface area contributed by atoms with Gasteiger partial charge in [0, 0.05) is 18.5 Å². The second-order valence-electron chi connectivity index (χ2n) is 6.34. The third-order valence-electron chi connectivity index (χ3n) is 4.79. The number of aromatic nitrogens is 5. The monoisotopic (exact) mass is 344 g/mol. The van der Waals surface area contributed by atoms with Crippen LogP contribution in [0.2, 0.25) is 0 Å². The van der Waals surface area contributed by atoms with Gasteiger partial charge in [-0.05, 0) is 29.8 Å².